The van der Waals surface area contributed by atoms with Crippen LogP contribution in [0, 0.1) is 6.92 Å². The van der Waals surface area contributed by atoms with Gasteiger partial charge in [0.25, 0.3) is 0 Å². The minimum Gasteiger partial charge on any atom is -0.477 e. The summed E-state index contributed by atoms with van der Waals surface area (Å²) >= 11 is 0. The van der Waals surface area contributed by atoms with E-state index in [0.717, 1.165) is 42.0 Å². The van der Waals surface area contributed by atoms with E-state index in [2.05, 4.69) is 15.0 Å². The van der Waals surface area contributed by atoms with Crippen LogP contribution in [0.5, 0.6) is 0 Å². The maximum Gasteiger partial charge on any atom is 0.354 e. The second kappa shape index (κ2) is 6.42. The number of aromatic carboxylic acids is 1. The number of hydrogen-bond donors (Lipinski definition) is 1. The third-order valence-electron chi connectivity index (χ3n) is 4.83. The zero-order chi connectivity index (χ0) is 18.3. The fraction of sp³-hybridized carbons (Fsp3) is 0.316. The fourth-order valence-electron chi connectivity index (χ4n) is 3.51. The van der Waals surface area contributed by atoms with E-state index in [9.17, 15) is 9.90 Å². The molecule has 0 amide bonds. The molecule has 1 aromatic carbocycles. The monoisotopic (exact) mass is 352 g/mol. The zero-order valence-corrected chi connectivity index (χ0v) is 14.7. The van der Waals surface area contributed by atoms with Gasteiger partial charge in [-0.2, -0.15) is 5.10 Å². The summed E-state index contributed by atoms with van der Waals surface area (Å²) in [5.41, 5.74) is 3.11. The summed E-state index contributed by atoms with van der Waals surface area (Å²) in [5, 5.41) is 15.1. The van der Waals surface area contributed by atoms with Crippen LogP contribution in [-0.4, -0.2) is 52.1 Å². The highest BCUT2D eigenvalue weighted by Crippen LogP contribution is 2.33. The highest BCUT2D eigenvalue weighted by Gasteiger charge is 2.27. The Kier molecular flexibility index (Phi) is 4.08. The van der Waals surface area contributed by atoms with Crippen molar-refractivity contribution < 1.29 is 14.6 Å². The quantitative estimate of drug-likeness (QED) is 0.777. The Bertz CT molecular complexity index is 968. The summed E-state index contributed by atoms with van der Waals surface area (Å²) in [6.45, 7) is 3.47. The number of fused-ring (bicyclic) bond motifs is 1. The molecular formula is C19H20N4O3. The molecule has 0 aliphatic carbocycles. The van der Waals surface area contributed by atoms with Gasteiger partial charge in [0.1, 0.15) is 0 Å². The molecule has 0 unspecified atom stereocenters. The molecule has 0 bridgehead atoms. The molecule has 7 heteroatoms. The maximum atomic E-state index is 11.7. The normalized spacial score (nSPS) is 17.2. The smallest absolute Gasteiger partial charge is 0.354 e. The molecule has 1 aliphatic heterocycles. The van der Waals surface area contributed by atoms with E-state index in [1.807, 2.05) is 37.3 Å². The number of carbonyl (C=O) groups is 1. The van der Waals surface area contributed by atoms with Gasteiger partial charge in [-0.3, -0.25) is 0 Å². The average molecular weight is 352 g/mol. The first-order valence-electron chi connectivity index (χ1n) is 8.55. The minimum atomic E-state index is -1.05. The predicted octanol–water partition coefficient (Wildman–Crippen LogP) is 2.65. The van der Waals surface area contributed by atoms with Gasteiger partial charge < -0.3 is 14.7 Å². The largest absolute Gasteiger partial charge is 0.477 e. The zero-order valence-electron chi connectivity index (χ0n) is 14.7. The van der Waals surface area contributed by atoms with Crippen molar-refractivity contribution in [2.45, 2.75) is 19.4 Å². The number of nitrogens with zero attached hydrogens (tertiary/aromatic N) is 4. The van der Waals surface area contributed by atoms with E-state index in [1.165, 1.54) is 0 Å². The van der Waals surface area contributed by atoms with Crippen LogP contribution in [-0.2, 0) is 4.74 Å². The molecule has 0 saturated carbocycles. The second-order valence-corrected chi connectivity index (χ2v) is 6.46. The SMILES string of the molecule is CO[C@@H]1CCN(c2cc(C(=O)O)nc3c2c(C)nn3-c2ccccc2)C1. The lowest BCUT2D eigenvalue weighted by Gasteiger charge is -2.20. The van der Waals surface area contributed by atoms with Crippen LogP contribution in [0.4, 0.5) is 5.69 Å². The molecule has 1 fully saturated rings. The second-order valence-electron chi connectivity index (χ2n) is 6.46. The Morgan fingerprint density at radius 1 is 1.31 bits per heavy atom. The van der Waals surface area contributed by atoms with Gasteiger partial charge in [-0.05, 0) is 31.5 Å². The third kappa shape index (κ3) is 2.70. The number of rotatable bonds is 4. The van der Waals surface area contributed by atoms with Gasteiger partial charge in [-0.25, -0.2) is 14.5 Å². The minimum absolute atomic E-state index is 0.0189. The molecule has 3 heterocycles. The third-order valence-corrected chi connectivity index (χ3v) is 4.83. The number of carboxylic acids is 1. The van der Waals surface area contributed by atoms with Crippen LogP contribution in [0.2, 0.25) is 0 Å². The first-order valence-corrected chi connectivity index (χ1v) is 8.55. The van der Waals surface area contributed by atoms with Crippen molar-refractivity contribution in [3.63, 3.8) is 0 Å². The number of carboxylic acid groups (broad SMARTS) is 1. The van der Waals surface area contributed by atoms with Gasteiger partial charge in [0.15, 0.2) is 11.3 Å². The van der Waals surface area contributed by atoms with Crippen LogP contribution in [0.25, 0.3) is 16.7 Å². The van der Waals surface area contributed by atoms with Crippen molar-refractivity contribution in [2.75, 3.05) is 25.1 Å². The molecule has 1 atom stereocenters. The number of hydrogen-bond acceptors (Lipinski definition) is 5. The molecule has 26 heavy (non-hydrogen) atoms. The van der Waals surface area contributed by atoms with Gasteiger partial charge in [-0.1, -0.05) is 18.2 Å². The Hall–Kier alpha value is -2.93. The van der Waals surface area contributed by atoms with E-state index in [0.29, 0.717) is 5.65 Å². The van der Waals surface area contributed by atoms with E-state index in [-0.39, 0.29) is 11.8 Å². The Labute approximate surface area is 150 Å². The lowest BCUT2D eigenvalue weighted by Crippen LogP contribution is -2.23. The number of anilines is 1. The van der Waals surface area contributed by atoms with Gasteiger partial charge in [0.05, 0.1) is 28.6 Å². The number of methoxy groups -OCH3 is 1. The summed E-state index contributed by atoms with van der Waals surface area (Å²) in [6, 6.07) is 11.3. The molecule has 1 saturated heterocycles. The Morgan fingerprint density at radius 2 is 2.08 bits per heavy atom. The predicted molar refractivity (Wildman–Crippen MR) is 98.2 cm³/mol. The molecule has 7 nitrogen and oxygen atoms in total. The van der Waals surface area contributed by atoms with Gasteiger partial charge >= 0.3 is 5.97 Å². The van der Waals surface area contributed by atoms with E-state index < -0.39 is 5.97 Å². The van der Waals surface area contributed by atoms with Crippen molar-refractivity contribution in [1.29, 1.82) is 0 Å². The summed E-state index contributed by atoms with van der Waals surface area (Å²) in [6.07, 6.45) is 1.06. The van der Waals surface area contributed by atoms with Crippen molar-refractivity contribution in [2.24, 2.45) is 0 Å². The standard InChI is InChI=1S/C19H20N4O3/c1-12-17-16(22-9-8-14(11-22)26-2)10-15(19(24)25)20-18(17)23(21-12)13-6-4-3-5-7-13/h3-7,10,14H,8-9,11H2,1-2H3,(H,24,25)/t14-/m1/s1. The Balaban J connectivity index is 1.94. The van der Waals surface area contributed by atoms with Gasteiger partial charge in [0, 0.05) is 20.2 Å². The van der Waals surface area contributed by atoms with Crippen molar-refractivity contribution in [3.8, 4) is 5.69 Å². The Morgan fingerprint density at radius 3 is 2.73 bits per heavy atom. The number of pyridine rings is 1. The molecular weight excluding hydrogens is 332 g/mol. The van der Waals surface area contributed by atoms with Gasteiger partial charge in [0.2, 0.25) is 0 Å². The maximum absolute atomic E-state index is 11.7. The molecule has 4 rings (SSSR count). The summed E-state index contributed by atoms with van der Waals surface area (Å²) in [7, 11) is 1.71. The average Bonchev–Trinajstić information content (AvgIpc) is 3.26. The van der Waals surface area contributed by atoms with Gasteiger partial charge in [-0.15, -0.1) is 0 Å². The van der Waals surface area contributed by atoms with E-state index in [1.54, 1.807) is 17.9 Å². The molecule has 1 N–H and O–H groups in total. The van der Waals surface area contributed by atoms with Crippen LogP contribution < -0.4 is 4.90 Å². The molecule has 0 spiro atoms. The summed E-state index contributed by atoms with van der Waals surface area (Å²) < 4.78 is 7.18. The van der Waals surface area contributed by atoms with Crippen LogP contribution in [0.3, 0.4) is 0 Å². The number of aromatic nitrogens is 3. The lowest BCUT2D eigenvalue weighted by atomic mass is 10.2. The first kappa shape index (κ1) is 16.5. The van der Waals surface area contributed by atoms with Crippen molar-refractivity contribution in [3.05, 3.63) is 47.8 Å². The summed E-state index contributed by atoms with van der Waals surface area (Å²) in [4.78, 5) is 18.2. The topological polar surface area (TPSA) is 80.5 Å². The van der Waals surface area contributed by atoms with E-state index >= 15 is 0 Å². The number of benzene rings is 1. The molecule has 2 aromatic heterocycles. The van der Waals surface area contributed by atoms with Crippen LogP contribution >= 0.6 is 0 Å². The number of ether oxygens (including phenoxy) is 1. The lowest BCUT2D eigenvalue weighted by molar-refractivity contribution is 0.0691. The van der Waals surface area contributed by atoms with Crippen LogP contribution in [0.1, 0.15) is 22.6 Å². The van der Waals surface area contributed by atoms with E-state index in [4.69, 9.17) is 4.74 Å². The first-order chi connectivity index (χ1) is 12.6. The molecule has 134 valence electrons. The highest BCUT2D eigenvalue weighted by atomic mass is 16.5. The number of aryl methyl sites for hydroxylation is 1. The molecule has 3 aromatic rings. The van der Waals surface area contributed by atoms with Crippen molar-refractivity contribution in [1.82, 2.24) is 14.8 Å². The van der Waals surface area contributed by atoms with Crippen molar-refractivity contribution >= 4 is 22.7 Å². The molecule has 1 aliphatic rings. The molecule has 0 radical (unpaired) electrons. The highest BCUT2D eigenvalue weighted by molar-refractivity contribution is 5.98. The van der Waals surface area contributed by atoms with Crippen LogP contribution in [0.15, 0.2) is 36.4 Å². The summed E-state index contributed by atoms with van der Waals surface area (Å²) in [5.74, 6) is -1.05. The number of para-hydroxylation sites is 1. The fourth-order valence-corrected chi connectivity index (χ4v) is 3.51.